The first kappa shape index (κ1) is 10.7. The molecule has 3 rings (SSSR count). The number of imidazole rings is 1. The summed E-state index contributed by atoms with van der Waals surface area (Å²) >= 11 is 0. The van der Waals surface area contributed by atoms with Crippen LogP contribution < -0.4 is 0 Å². The van der Waals surface area contributed by atoms with Gasteiger partial charge in [-0.3, -0.25) is 4.90 Å². The van der Waals surface area contributed by atoms with E-state index in [9.17, 15) is 0 Å². The molecule has 4 heteroatoms. The van der Waals surface area contributed by atoms with Gasteiger partial charge in [0.05, 0.1) is 37.2 Å². The topological polar surface area (TPSA) is 30.3 Å². The summed E-state index contributed by atoms with van der Waals surface area (Å²) in [6, 6.07) is 6.39. The average molecular weight is 231 g/mol. The third-order valence-corrected chi connectivity index (χ3v) is 3.23. The predicted molar refractivity (Wildman–Crippen MR) is 66.9 cm³/mol. The van der Waals surface area contributed by atoms with Crippen LogP contribution in [-0.2, 0) is 11.4 Å². The van der Waals surface area contributed by atoms with Gasteiger partial charge in [0.25, 0.3) is 0 Å². The molecule has 0 atom stereocenters. The smallest absolute Gasteiger partial charge is 0.0969 e. The molecular formula is C13H17N3O. The molecule has 0 radical (unpaired) electrons. The minimum Gasteiger partial charge on any atom is -0.379 e. The van der Waals surface area contributed by atoms with E-state index in [-0.39, 0.29) is 0 Å². The van der Waals surface area contributed by atoms with Crippen molar-refractivity contribution in [1.82, 2.24) is 14.5 Å². The Balaban J connectivity index is 1.86. The number of morpholine rings is 1. The fourth-order valence-corrected chi connectivity index (χ4v) is 2.24. The number of ether oxygens (including phenoxy) is 1. The molecule has 17 heavy (non-hydrogen) atoms. The number of hydrogen-bond acceptors (Lipinski definition) is 3. The lowest BCUT2D eigenvalue weighted by atomic mass is 10.2. The van der Waals surface area contributed by atoms with Crippen molar-refractivity contribution >= 4 is 11.0 Å². The molecule has 90 valence electrons. The number of hydrogen-bond donors (Lipinski definition) is 0. The van der Waals surface area contributed by atoms with Crippen LogP contribution in [0.5, 0.6) is 0 Å². The number of benzene rings is 1. The zero-order valence-corrected chi connectivity index (χ0v) is 10.1. The summed E-state index contributed by atoms with van der Waals surface area (Å²) in [6.45, 7) is 6.71. The van der Waals surface area contributed by atoms with Crippen LogP contribution in [0, 0.1) is 6.92 Å². The molecule has 0 unspecified atom stereocenters. The van der Waals surface area contributed by atoms with Crippen molar-refractivity contribution in [1.29, 1.82) is 0 Å². The molecule has 0 bridgehead atoms. The van der Waals surface area contributed by atoms with E-state index in [4.69, 9.17) is 4.74 Å². The van der Waals surface area contributed by atoms with Crippen LogP contribution in [0.4, 0.5) is 0 Å². The Kier molecular flexibility index (Phi) is 2.82. The fourth-order valence-electron chi connectivity index (χ4n) is 2.24. The molecule has 2 aromatic rings. The van der Waals surface area contributed by atoms with Gasteiger partial charge in [0.1, 0.15) is 0 Å². The lowest BCUT2D eigenvalue weighted by molar-refractivity contribution is 0.0241. The Morgan fingerprint density at radius 3 is 2.94 bits per heavy atom. The van der Waals surface area contributed by atoms with Crippen LogP contribution in [0.3, 0.4) is 0 Å². The Morgan fingerprint density at radius 1 is 1.29 bits per heavy atom. The van der Waals surface area contributed by atoms with Gasteiger partial charge < -0.3 is 9.30 Å². The zero-order valence-electron chi connectivity index (χ0n) is 10.1. The number of nitrogens with zero attached hydrogens (tertiary/aromatic N) is 3. The van der Waals surface area contributed by atoms with E-state index >= 15 is 0 Å². The summed E-state index contributed by atoms with van der Waals surface area (Å²) in [5, 5.41) is 0. The highest BCUT2D eigenvalue weighted by Crippen LogP contribution is 2.15. The highest BCUT2D eigenvalue weighted by atomic mass is 16.5. The molecule has 0 saturated carbocycles. The van der Waals surface area contributed by atoms with Gasteiger partial charge in [-0.25, -0.2) is 4.98 Å². The highest BCUT2D eigenvalue weighted by molar-refractivity contribution is 5.75. The maximum atomic E-state index is 5.36. The standard InChI is InChI=1S/C13H17N3O/c1-11-2-3-12-13(8-11)16(9-14-12)10-15-4-6-17-7-5-15/h2-3,8-9H,4-7,10H2,1H3. The summed E-state index contributed by atoms with van der Waals surface area (Å²) in [5.41, 5.74) is 3.57. The van der Waals surface area contributed by atoms with Gasteiger partial charge in [0, 0.05) is 13.1 Å². The van der Waals surface area contributed by atoms with Crippen LogP contribution >= 0.6 is 0 Å². The van der Waals surface area contributed by atoms with E-state index in [2.05, 4.69) is 39.6 Å². The number of aromatic nitrogens is 2. The maximum Gasteiger partial charge on any atom is 0.0969 e. The second kappa shape index (κ2) is 4.47. The Morgan fingerprint density at radius 2 is 2.12 bits per heavy atom. The second-order valence-electron chi connectivity index (χ2n) is 4.58. The Bertz CT molecular complexity index is 514. The SMILES string of the molecule is Cc1ccc2ncn(CN3CCOCC3)c2c1. The zero-order chi connectivity index (χ0) is 11.7. The molecule has 1 aliphatic rings. The summed E-state index contributed by atoms with van der Waals surface area (Å²) < 4.78 is 7.57. The molecule has 0 aliphatic carbocycles. The van der Waals surface area contributed by atoms with Crippen molar-refractivity contribution in [2.45, 2.75) is 13.6 Å². The van der Waals surface area contributed by atoms with E-state index in [0.717, 1.165) is 38.5 Å². The van der Waals surface area contributed by atoms with E-state index in [1.54, 1.807) is 0 Å². The fraction of sp³-hybridized carbons (Fsp3) is 0.462. The van der Waals surface area contributed by atoms with Gasteiger partial charge in [-0.15, -0.1) is 0 Å². The summed E-state index contributed by atoms with van der Waals surface area (Å²) in [5.74, 6) is 0. The minimum absolute atomic E-state index is 0.839. The van der Waals surface area contributed by atoms with Crippen LogP contribution in [0.1, 0.15) is 5.56 Å². The van der Waals surface area contributed by atoms with Crippen molar-refractivity contribution in [3.05, 3.63) is 30.1 Å². The average Bonchev–Trinajstić information content (AvgIpc) is 2.73. The predicted octanol–water partition coefficient (Wildman–Crippen LogP) is 1.63. The number of fused-ring (bicyclic) bond motifs is 1. The first-order valence-electron chi connectivity index (χ1n) is 6.04. The lowest BCUT2D eigenvalue weighted by Gasteiger charge is -2.26. The molecule has 0 spiro atoms. The van der Waals surface area contributed by atoms with Gasteiger partial charge in [0.2, 0.25) is 0 Å². The van der Waals surface area contributed by atoms with Crippen molar-refractivity contribution < 1.29 is 4.74 Å². The van der Waals surface area contributed by atoms with Crippen LogP contribution in [0.15, 0.2) is 24.5 Å². The van der Waals surface area contributed by atoms with Crippen LogP contribution in [-0.4, -0.2) is 40.8 Å². The van der Waals surface area contributed by atoms with E-state index in [1.807, 2.05) is 6.33 Å². The normalized spacial score (nSPS) is 17.7. The monoisotopic (exact) mass is 231 g/mol. The third kappa shape index (κ3) is 2.18. The quantitative estimate of drug-likeness (QED) is 0.787. The first-order chi connectivity index (χ1) is 8.33. The second-order valence-corrected chi connectivity index (χ2v) is 4.58. The summed E-state index contributed by atoms with van der Waals surface area (Å²) in [7, 11) is 0. The van der Waals surface area contributed by atoms with Crippen molar-refractivity contribution in [3.63, 3.8) is 0 Å². The van der Waals surface area contributed by atoms with E-state index < -0.39 is 0 Å². The minimum atomic E-state index is 0.839. The molecular weight excluding hydrogens is 214 g/mol. The molecule has 1 saturated heterocycles. The third-order valence-electron chi connectivity index (χ3n) is 3.23. The van der Waals surface area contributed by atoms with Crippen LogP contribution in [0.2, 0.25) is 0 Å². The molecule has 2 heterocycles. The molecule has 1 aliphatic heterocycles. The molecule has 0 amide bonds. The number of rotatable bonds is 2. The molecule has 1 aromatic carbocycles. The van der Waals surface area contributed by atoms with Crippen molar-refractivity contribution in [2.75, 3.05) is 26.3 Å². The van der Waals surface area contributed by atoms with E-state index in [0.29, 0.717) is 0 Å². The number of aryl methyl sites for hydroxylation is 1. The molecule has 4 nitrogen and oxygen atoms in total. The van der Waals surface area contributed by atoms with E-state index in [1.165, 1.54) is 11.1 Å². The van der Waals surface area contributed by atoms with Crippen molar-refractivity contribution in [2.24, 2.45) is 0 Å². The van der Waals surface area contributed by atoms with Gasteiger partial charge in [-0.2, -0.15) is 0 Å². The first-order valence-corrected chi connectivity index (χ1v) is 6.04. The largest absolute Gasteiger partial charge is 0.379 e. The molecule has 0 N–H and O–H groups in total. The highest BCUT2D eigenvalue weighted by Gasteiger charge is 2.11. The van der Waals surface area contributed by atoms with Gasteiger partial charge >= 0.3 is 0 Å². The lowest BCUT2D eigenvalue weighted by Crippen LogP contribution is -2.37. The summed E-state index contributed by atoms with van der Waals surface area (Å²) in [6.07, 6.45) is 1.93. The molecule has 1 aromatic heterocycles. The Hall–Kier alpha value is -1.39. The van der Waals surface area contributed by atoms with Crippen LogP contribution in [0.25, 0.3) is 11.0 Å². The van der Waals surface area contributed by atoms with Gasteiger partial charge in [-0.05, 0) is 24.6 Å². The molecule has 1 fully saturated rings. The van der Waals surface area contributed by atoms with Crippen molar-refractivity contribution in [3.8, 4) is 0 Å². The Labute approximate surface area is 101 Å². The summed E-state index contributed by atoms with van der Waals surface area (Å²) in [4.78, 5) is 6.83. The van der Waals surface area contributed by atoms with Gasteiger partial charge in [-0.1, -0.05) is 6.07 Å². The van der Waals surface area contributed by atoms with Gasteiger partial charge in [0.15, 0.2) is 0 Å². The maximum absolute atomic E-state index is 5.36.